The quantitative estimate of drug-likeness (QED) is 0.539. The summed E-state index contributed by atoms with van der Waals surface area (Å²) in [5, 5.41) is 1.04. The first kappa shape index (κ1) is 21.8. The van der Waals surface area contributed by atoms with Crippen molar-refractivity contribution in [3.05, 3.63) is 48.3 Å². The molecule has 1 amide bonds. The minimum absolute atomic E-state index is 0.151. The Kier molecular flexibility index (Phi) is 5.76. The van der Waals surface area contributed by atoms with E-state index in [1.54, 1.807) is 4.90 Å². The fourth-order valence-electron chi connectivity index (χ4n) is 5.03. The summed E-state index contributed by atoms with van der Waals surface area (Å²) in [5.74, 6) is 0.784. The molecule has 0 aliphatic carbocycles. The molecular weight excluding hydrogens is 416 g/mol. The normalized spacial score (nSPS) is 17.2. The number of aromatic nitrogens is 2. The predicted octanol–water partition coefficient (Wildman–Crippen LogP) is 3.65. The number of ether oxygens (including phenoxy) is 2. The molecule has 0 atom stereocenters. The lowest BCUT2D eigenvalue weighted by molar-refractivity contribution is -0.126. The first-order valence-electron chi connectivity index (χ1n) is 11.5. The zero-order chi connectivity index (χ0) is 23.0. The van der Waals surface area contributed by atoms with E-state index in [1.165, 1.54) is 0 Å². The fourth-order valence-corrected chi connectivity index (χ4v) is 5.03. The third-order valence-corrected chi connectivity index (χ3v) is 6.82. The van der Waals surface area contributed by atoms with Gasteiger partial charge in [0, 0.05) is 55.6 Å². The van der Waals surface area contributed by atoms with Crippen molar-refractivity contribution in [1.82, 2.24) is 14.9 Å². The summed E-state index contributed by atoms with van der Waals surface area (Å²) in [4.78, 5) is 26.4. The lowest BCUT2D eigenvalue weighted by atomic mass is 9.74. The molecule has 0 unspecified atom stereocenters. The zero-order valence-electron chi connectivity index (χ0n) is 19.5. The van der Waals surface area contributed by atoms with Crippen LogP contribution >= 0.6 is 0 Å². The number of rotatable bonds is 6. The number of hydrogen-bond acceptors (Lipinski definition) is 6. The smallest absolute Gasteiger partial charge is 0.237 e. The van der Waals surface area contributed by atoms with E-state index < -0.39 is 5.41 Å². The van der Waals surface area contributed by atoms with E-state index in [-0.39, 0.29) is 5.91 Å². The van der Waals surface area contributed by atoms with Crippen molar-refractivity contribution in [1.29, 1.82) is 0 Å². The van der Waals surface area contributed by atoms with Crippen LogP contribution in [0.25, 0.3) is 22.0 Å². The Morgan fingerprint density at radius 2 is 1.88 bits per heavy atom. The fraction of sp³-hybridized carbons (Fsp3) is 0.423. The Bertz CT molecular complexity index is 1170. The molecule has 2 aliphatic rings. The van der Waals surface area contributed by atoms with E-state index in [0.717, 1.165) is 46.2 Å². The summed E-state index contributed by atoms with van der Waals surface area (Å²) in [6.45, 7) is 2.83. The monoisotopic (exact) mass is 446 g/mol. The van der Waals surface area contributed by atoms with Crippen LogP contribution in [-0.4, -0.2) is 68.3 Å². The molecule has 1 fully saturated rings. The van der Waals surface area contributed by atoms with E-state index >= 15 is 0 Å². The van der Waals surface area contributed by atoms with Gasteiger partial charge in [0.25, 0.3) is 0 Å². The van der Waals surface area contributed by atoms with Crippen LogP contribution in [0.1, 0.15) is 24.8 Å². The topological polar surface area (TPSA) is 67.8 Å². The molecular formula is C26H30N4O3. The highest BCUT2D eigenvalue weighted by atomic mass is 16.5. The second-order valence-electron chi connectivity index (χ2n) is 9.20. The van der Waals surface area contributed by atoms with E-state index in [9.17, 15) is 4.79 Å². The van der Waals surface area contributed by atoms with Crippen LogP contribution in [0.2, 0.25) is 0 Å². The highest BCUT2D eigenvalue weighted by Gasteiger charge is 2.51. The number of likely N-dealkylation sites (N-methyl/N-ethyl adjacent to an activating group) is 1. The molecule has 0 radical (unpaired) electrons. The van der Waals surface area contributed by atoms with E-state index in [2.05, 4.69) is 41.1 Å². The summed E-state index contributed by atoms with van der Waals surface area (Å²) >= 11 is 0. The number of carbonyl (C=O) groups is 1. The molecule has 1 aromatic carbocycles. The molecule has 1 spiro atoms. The minimum atomic E-state index is -0.523. The van der Waals surface area contributed by atoms with Crippen molar-refractivity contribution in [3.63, 3.8) is 0 Å². The highest BCUT2D eigenvalue weighted by molar-refractivity contribution is 6.12. The van der Waals surface area contributed by atoms with Crippen LogP contribution in [0.3, 0.4) is 0 Å². The van der Waals surface area contributed by atoms with Crippen LogP contribution in [-0.2, 0) is 14.9 Å². The van der Waals surface area contributed by atoms with E-state index in [4.69, 9.17) is 9.47 Å². The number of nitrogens with zero attached hydrogens (tertiary/aromatic N) is 4. The molecule has 0 N–H and O–H groups in total. The average Bonchev–Trinajstić information content (AvgIpc) is 3.04. The van der Waals surface area contributed by atoms with Crippen LogP contribution in [0, 0.1) is 0 Å². The highest BCUT2D eigenvalue weighted by Crippen LogP contribution is 2.50. The van der Waals surface area contributed by atoms with Crippen molar-refractivity contribution in [2.45, 2.75) is 24.7 Å². The SMILES string of the molecule is CN(C)CCCOc1ccc(-c2ccc3ncc4c(c3c2)C2(CCOCC2)C(=O)N4C)cn1. The molecule has 4 heterocycles. The lowest BCUT2D eigenvalue weighted by Crippen LogP contribution is -2.43. The third-order valence-electron chi connectivity index (χ3n) is 6.82. The van der Waals surface area contributed by atoms with Gasteiger partial charge in [-0.15, -0.1) is 0 Å². The summed E-state index contributed by atoms with van der Waals surface area (Å²) in [6, 6.07) is 10.2. The average molecular weight is 447 g/mol. The molecule has 2 aliphatic heterocycles. The first-order valence-corrected chi connectivity index (χ1v) is 11.5. The molecule has 1 saturated heterocycles. The number of carbonyl (C=O) groups excluding carboxylic acids is 1. The van der Waals surface area contributed by atoms with Crippen LogP contribution in [0.5, 0.6) is 5.88 Å². The first-order chi connectivity index (χ1) is 16.0. The third kappa shape index (κ3) is 3.85. The maximum Gasteiger partial charge on any atom is 0.237 e. The number of hydrogen-bond donors (Lipinski definition) is 0. The summed E-state index contributed by atoms with van der Waals surface area (Å²) in [7, 11) is 5.96. The molecule has 7 heteroatoms. The van der Waals surface area contributed by atoms with Gasteiger partial charge in [-0.1, -0.05) is 6.07 Å². The Balaban J connectivity index is 1.48. The van der Waals surface area contributed by atoms with Crippen LogP contribution in [0.4, 0.5) is 5.69 Å². The van der Waals surface area contributed by atoms with Gasteiger partial charge in [-0.05, 0) is 57.1 Å². The number of pyridine rings is 2. The molecule has 172 valence electrons. The van der Waals surface area contributed by atoms with Gasteiger partial charge in [0.15, 0.2) is 0 Å². The van der Waals surface area contributed by atoms with Gasteiger partial charge >= 0.3 is 0 Å². The van der Waals surface area contributed by atoms with Gasteiger partial charge in [-0.3, -0.25) is 9.78 Å². The zero-order valence-corrected chi connectivity index (χ0v) is 19.5. The van der Waals surface area contributed by atoms with Gasteiger partial charge in [0.05, 0.1) is 29.4 Å². The van der Waals surface area contributed by atoms with Gasteiger partial charge in [-0.25, -0.2) is 4.98 Å². The number of fused-ring (bicyclic) bond motifs is 4. The van der Waals surface area contributed by atoms with Crippen molar-refractivity contribution in [3.8, 4) is 17.0 Å². The maximum atomic E-state index is 13.3. The lowest BCUT2D eigenvalue weighted by Gasteiger charge is -2.32. The second-order valence-corrected chi connectivity index (χ2v) is 9.20. The molecule has 0 bridgehead atoms. The molecule has 3 aromatic rings. The van der Waals surface area contributed by atoms with Gasteiger partial charge in [0.2, 0.25) is 11.8 Å². The van der Waals surface area contributed by atoms with E-state index in [0.29, 0.717) is 38.5 Å². The summed E-state index contributed by atoms with van der Waals surface area (Å²) in [5.41, 5.74) is 4.44. The second kappa shape index (κ2) is 8.72. The summed E-state index contributed by atoms with van der Waals surface area (Å²) in [6.07, 6.45) is 6.05. The van der Waals surface area contributed by atoms with Crippen LogP contribution < -0.4 is 9.64 Å². The Labute approximate surface area is 194 Å². The largest absolute Gasteiger partial charge is 0.478 e. The molecule has 2 aromatic heterocycles. The Morgan fingerprint density at radius 3 is 2.61 bits per heavy atom. The Hall–Kier alpha value is -3.03. The number of benzene rings is 1. The molecule has 33 heavy (non-hydrogen) atoms. The van der Waals surface area contributed by atoms with Crippen molar-refractivity contribution < 1.29 is 14.3 Å². The number of amides is 1. The van der Waals surface area contributed by atoms with Gasteiger partial charge < -0.3 is 19.3 Å². The van der Waals surface area contributed by atoms with Crippen molar-refractivity contribution in [2.75, 3.05) is 52.4 Å². The minimum Gasteiger partial charge on any atom is -0.478 e. The van der Waals surface area contributed by atoms with Crippen LogP contribution in [0.15, 0.2) is 42.7 Å². The molecule has 5 rings (SSSR count). The maximum absolute atomic E-state index is 13.3. The molecule has 7 nitrogen and oxygen atoms in total. The van der Waals surface area contributed by atoms with Gasteiger partial charge in [-0.2, -0.15) is 0 Å². The standard InChI is InChI=1S/C26H30N4O3/c1-29(2)11-4-12-33-23-8-6-19(16-28-23)18-5-7-21-20(15-18)24-22(17-27-21)30(3)25(31)26(24)9-13-32-14-10-26/h5-8,15-17H,4,9-14H2,1-3H3. The Morgan fingerprint density at radius 1 is 1.09 bits per heavy atom. The van der Waals surface area contributed by atoms with Crippen molar-refractivity contribution in [2.24, 2.45) is 0 Å². The van der Waals surface area contributed by atoms with E-state index in [1.807, 2.05) is 37.6 Å². The predicted molar refractivity (Wildman–Crippen MR) is 129 cm³/mol. The summed E-state index contributed by atoms with van der Waals surface area (Å²) < 4.78 is 11.4. The van der Waals surface area contributed by atoms with Gasteiger partial charge in [0.1, 0.15) is 0 Å². The molecule has 0 saturated carbocycles. The van der Waals surface area contributed by atoms with Crippen molar-refractivity contribution >= 4 is 22.5 Å². The number of anilines is 1.